The number of benzene rings is 1. The predicted molar refractivity (Wildman–Crippen MR) is 104 cm³/mol. The Labute approximate surface area is 171 Å². The number of ether oxygens (including phenoxy) is 2. The smallest absolute Gasteiger partial charge is 0.295 e. The minimum Gasteiger partial charge on any atom is -0.503 e. The molecule has 0 spiro atoms. The quantitative estimate of drug-likeness (QED) is 0.615. The summed E-state index contributed by atoms with van der Waals surface area (Å²) in [6, 6.07) is 8.53. The zero-order chi connectivity index (χ0) is 21.4. The topological polar surface area (TPSA) is 115 Å². The highest BCUT2D eigenvalue weighted by molar-refractivity contribution is 6.20. The third-order valence-electron chi connectivity index (χ3n) is 4.79. The van der Waals surface area contributed by atoms with Crippen LogP contribution < -0.4 is 14.4 Å². The number of methoxy groups -OCH3 is 2. The number of aliphatic hydroxyl groups is 1. The van der Waals surface area contributed by atoms with E-state index in [-0.39, 0.29) is 17.2 Å². The Morgan fingerprint density at radius 1 is 1.20 bits per heavy atom. The van der Waals surface area contributed by atoms with Crippen LogP contribution in [0.4, 0.5) is 5.82 Å². The molecule has 0 saturated heterocycles. The molecule has 0 radical (unpaired) electrons. The van der Waals surface area contributed by atoms with Crippen molar-refractivity contribution in [2.45, 2.75) is 13.0 Å². The van der Waals surface area contributed by atoms with Gasteiger partial charge in [-0.25, -0.2) is 0 Å². The van der Waals surface area contributed by atoms with Crippen LogP contribution in [-0.2, 0) is 4.79 Å². The molecule has 3 aromatic rings. The first-order valence-electron chi connectivity index (χ1n) is 8.97. The zero-order valence-corrected chi connectivity index (χ0v) is 16.4. The van der Waals surface area contributed by atoms with E-state index in [1.807, 2.05) is 0 Å². The molecule has 1 aromatic carbocycles. The van der Waals surface area contributed by atoms with Crippen molar-refractivity contribution < 1.29 is 33.1 Å². The first kappa shape index (κ1) is 19.3. The Bertz CT molecular complexity index is 1140. The highest BCUT2D eigenvalue weighted by atomic mass is 16.5. The zero-order valence-electron chi connectivity index (χ0n) is 16.4. The number of para-hydroxylation sites is 1. The van der Waals surface area contributed by atoms with Gasteiger partial charge in [0.1, 0.15) is 11.8 Å². The Morgan fingerprint density at radius 2 is 2.00 bits per heavy atom. The molecule has 1 N–H and O–H groups in total. The lowest BCUT2D eigenvalue weighted by atomic mass is 9.94. The maximum Gasteiger partial charge on any atom is 0.295 e. The van der Waals surface area contributed by atoms with E-state index in [1.165, 1.54) is 37.5 Å². The van der Waals surface area contributed by atoms with Gasteiger partial charge in [-0.3, -0.25) is 14.5 Å². The highest BCUT2D eigenvalue weighted by Crippen LogP contribution is 2.46. The largest absolute Gasteiger partial charge is 0.503 e. The number of furan rings is 1. The third-order valence-corrected chi connectivity index (χ3v) is 4.79. The second-order valence-electron chi connectivity index (χ2n) is 6.52. The second kappa shape index (κ2) is 7.43. The van der Waals surface area contributed by atoms with E-state index in [9.17, 15) is 14.7 Å². The van der Waals surface area contributed by atoms with E-state index in [4.69, 9.17) is 18.4 Å². The third kappa shape index (κ3) is 2.91. The van der Waals surface area contributed by atoms with Gasteiger partial charge in [-0.1, -0.05) is 17.3 Å². The number of carbonyl (C=O) groups is 2. The molecule has 0 bridgehead atoms. The fourth-order valence-corrected chi connectivity index (χ4v) is 3.50. The number of Topliss-reactive ketones (excluding diaryl/α,β-unsaturated/α-hetero) is 1. The van der Waals surface area contributed by atoms with Crippen molar-refractivity contribution in [1.29, 1.82) is 0 Å². The van der Waals surface area contributed by atoms with Crippen molar-refractivity contribution >= 4 is 17.5 Å². The molecule has 1 unspecified atom stereocenters. The number of nitrogens with zero attached hydrogens (tertiary/aromatic N) is 2. The number of hydrogen-bond acceptors (Lipinski definition) is 8. The van der Waals surface area contributed by atoms with Crippen molar-refractivity contribution in [1.82, 2.24) is 5.16 Å². The van der Waals surface area contributed by atoms with E-state index in [0.29, 0.717) is 22.8 Å². The summed E-state index contributed by atoms with van der Waals surface area (Å²) in [7, 11) is 2.92. The number of carbonyl (C=O) groups excluding carboxylic acids is 2. The first-order valence-corrected chi connectivity index (χ1v) is 8.97. The van der Waals surface area contributed by atoms with Gasteiger partial charge in [0.2, 0.25) is 5.78 Å². The average Bonchev–Trinajstić information content (AvgIpc) is 3.48. The van der Waals surface area contributed by atoms with Gasteiger partial charge < -0.3 is 23.5 Å². The standard InChI is InChI=1S/C21H18N2O7/c1-11-10-15(22-30-11)23-17(12-6-4-7-14(27-2)20(12)28-3)16(19(25)21(23)26)18(24)13-8-5-9-29-13/h4-10,17,25H,1-3H3. The molecule has 154 valence electrons. The number of ketones is 1. The number of hydrogen-bond donors (Lipinski definition) is 1. The molecule has 9 nitrogen and oxygen atoms in total. The number of anilines is 1. The van der Waals surface area contributed by atoms with Crippen LogP contribution in [0.15, 0.2) is 62.9 Å². The first-order chi connectivity index (χ1) is 14.5. The van der Waals surface area contributed by atoms with Crippen molar-refractivity contribution in [3.8, 4) is 11.5 Å². The van der Waals surface area contributed by atoms with Crippen LogP contribution in [0.5, 0.6) is 11.5 Å². The van der Waals surface area contributed by atoms with Gasteiger partial charge in [-0.05, 0) is 25.1 Å². The molecule has 1 aliphatic heterocycles. The molecule has 0 fully saturated rings. The molecule has 0 saturated carbocycles. The number of amides is 1. The number of aryl methyl sites for hydroxylation is 1. The molecule has 1 atom stereocenters. The van der Waals surface area contributed by atoms with Crippen LogP contribution in [0, 0.1) is 6.92 Å². The fourth-order valence-electron chi connectivity index (χ4n) is 3.50. The number of aromatic nitrogens is 1. The van der Waals surface area contributed by atoms with E-state index >= 15 is 0 Å². The second-order valence-corrected chi connectivity index (χ2v) is 6.52. The average molecular weight is 410 g/mol. The normalized spacial score (nSPS) is 16.3. The van der Waals surface area contributed by atoms with Gasteiger partial charge in [-0.2, -0.15) is 0 Å². The lowest BCUT2D eigenvalue weighted by Crippen LogP contribution is -2.31. The molecule has 2 aromatic heterocycles. The summed E-state index contributed by atoms with van der Waals surface area (Å²) in [6.07, 6.45) is 1.33. The SMILES string of the molecule is COc1cccc(C2C(C(=O)c3ccco3)=C(O)C(=O)N2c2cc(C)on2)c1OC. The van der Waals surface area contributed by atoms with Crippen molar-refractivity contribution in [3.05, 3.63) is 71.1 Å². The maximum absolute atomic E-state index is 13.2. The van der Waals surface area contributed by atoms with Crippen LogP contribution in [-0.4, -0.2) is 36.2 Å². The van der Waals surface area contributed by atoms with Crippen LogP contribution in [0.2, 0.25) is 0 Å². The van der Waals surface area contributed by atoms with Gasteiger partial charge in [0.25, 0.3) is 5.91 Å². The van der Waals surface area contributed by atoms with Crippen LogP contribution in [0.1, 0.15) is 27.9 Å². The molecule has 1 aliphatic rings. The van der Waals surface area contributed by atoms with Crippen LogP contribution in [0.25, 0.3) is 0 Å². The lowest BCUT2D eigenvalue weighted by molar-refractivity contribution is -0.117. The van der Waals surface area contributed by atoms with Crippen molar-refractivity contribution in [2.75, 3.05) is 19.1 Å². The minimum atomic E-state index is -1.05. The summed E-state index contributed by atoms with van der Waals surface area (Å²) in [6.45, 7) is 1.67. The summed E-state index contributed by atoms with van der Waals surface area (Å²) >= 11 is 0. The molecule has 9 heteroatoms. The Hall–Kier alpha value is -4.01. The molecule has 3 heterocycles. The Balaban J connectivity index is 1.95. The lowest BCUT2D eigenvalue weighted by Gasteiger charge is -2.26. The van der Waals surface area contributed by atoms with E-state index in [1.54, 1.807) is 31.2 Å². The Morgan fingerprint density at radius 3 is 2.60 bits per heavy atom. The number of rotatable bonds is 6. The van der Waals surface area contributed by atoms with Crippen LogP contribution in [0.3, 0.4) is 0 Å². The van der Waals surface area contributed by atoms with E-state index in [2.05, 4.69) is 5.16 Å². The van der Waals surface area contributed by atoms with Crippen molar-refractivity contribution in [3.63, 3.8) is 0 Å². The van der Waals surface area contributed by atoms with Gasteiger partial charge in [0.15, 0.2) is 28.8 Å². The Kier molecular flexibility index (Phi) is 4.78. The summed E-state index contributed by atoms with van der Waals surface area (Å²) in [5, 5.41) is 14.6. The van der Waals surface area contributed by atoms with Gasteiger partial charge in [0.05, 0.1) is 26.1 Å². The monoisotopic (exact) mass is 410 g/mol. The molecule has 30 heavy (non-hydrogen) atoms. The van der Waals surface area contributed by atoms with Gasteiger partial charge >= 0.3 is 0 Å². The predicted octanol–water partition coefficient (Wildman–Crippen LogP) is 3.38. The molecular weight excluding hydrogens is 392 g/mol. The van der Waals surface area contributed by atoms with Gasteiger partial charge in [0, 0.05) is 11.6 Å². The summed E-state index contributed by atoms with van der Waals surface area (Å²) in [5.41, 5.74) is 0.256. The summed E-state index contributed by atoms with van der Waals surface area (Å²) in [4.78, 5) is 27.4. The van der Waals surface area contributed by atoms with Crippen molar-refractivity contribution in [2.24, 2.45) is 0 Å². The summed E-state index contributed by atoms with van der Waals surface area (Å²) < 4.78 is 21.2. The molecule has 0 aliphatic carbocycles. The summed E-state index contributed by atoms with van der Waals surface area (Å²) in [5.74, 6) is -0.851. The van der Waals surface area contributed by atoms with E-state index in [0.717, 1.165) is 0 Å². The van der Waals surface area contributed by atoms with Gasteiger partial charge in [-0.15, -0.1) is 0 Å². The molecule has 1 amide bonds. The van der Waals surface area contributed by atoms with Crippen LogP contribution >= 0.6 is 0 Å². The molecule has 4 rings (SSSR count). The number of aliphatic hydroxyl groups excluding tert-OH is 1. The highest BCUT2D eigenvalue weighted by Gasteiger charge is 2.47. The van der Waals surface area contributed by atoms with E-state index < -0.39 is 23.5 Å². The molecular formula is C21H18N2O7. The maximum atomic E-state index is 13.2. The minimum absolute atomic E-state index is 0.0191. The fraction of sp³-hybridized carbons (Fsp3) is 0.190.